The van der Waals surface area contributed by atoms with Crippen LogP contribution in [0.4, 0.5) is 11.4 Å². The molecule has 3 aromatic carbocycles. The molecule has 1 atom stereocenters. The third kappa shape index (κ3) is 5.37. The summed E-state index contributed by atoms with van der Waals surface area (Å²) in [4.78, 5) is 40.0. The van der Waals surface area contributed by atoms with Crippen molar-refractivity contribution in [2.24, 2.45) is 5.41 Å². The van der Waals surface area contributed by atoms with Crippen molar-refractivity contribution < 1.29 is 24.2 Å². The van der Waals surface area contributed by atoms with Gasteiger partial charge in [-0.1, -0.05) is 47.5 Å². The lowest BCUT2D eigenvalue weighted by Crippen LogP contribution is -2.33. The van der Waals surface area contributed by atoms with Gasteiger partial charge in [0.25, 0.3) is 11.8 Å². The molecule has 2 N–H and O–H groups in total. The van der Waals surface area contributed by atoms with E-state index in [9.17, 15) is 19.5 Å². The van der Waals surface area contributed by atoms with Gasteiger partial charge < -0.3 is 20.1 Å². The maximum atomic E-state index is 13.8. The number of carboxylic acids is 1. The predicted molar refractivity (Wildman–Crippen MR) is 151 cm³/mol. The van der Waals surface area contributed by atoms with Gasteiger partial charge in [0.15, 0.2) is 0 Å². The summed E-state index contributed by atoms with van der Waals surface area (Å²) in [7, 11) is 1.46. The van der Waals surface area contributed by atoms with E-state index in [1.807, 2.05) is 30.3 Å². The number of para-hydroxylation sites is 1. The van der Waals surface area contributed by atoms with Crippen molar-refractivity contribution in [1.29, 1.82) is 0 Å². The van der Waals surface area contributed by atoms with E-state index >= 15 is 0 Å². The van der Waals surface area contributed by atoms with E-state index in [4.69, 9.17) is 27.9 Å². The van der Waals surface area contributed by atoms with Crippen molar-refractivity contribution in [3.05, 3.63) is 99.0 Å². The Morgan fingerprint density at radius 3 is 2.56 bits per heavy atom. The van der Waals surface area contributed by atoms with Crippen molar-refractivity contribution in [2.75, 3.05) is 23.9 Å². The number of fused-ring (bicyclic) bond motifs is 1. The lowest BCUT2D eigenvalue weighted by atomic mass is 9.79. The zero-order valence-corrected chi connectivity index (χ0v) is 22.7. The molecule has 0 saturated carbocycles. The van der Waals surface area contributed by atoms with Gasteiger partial charge in [-0.2, -0.15) is 0 Å². The molecule has 2 aliphatic rings. The molecule has 2 amide bonds. The number of amides is 2. The third-order valence-electron chi connectivity index (χ3n) is 7.42. The van der Waals surface area contributed by atoms with E-state index < -0.39 is 11.9 Å². The molecular formula is C30H26Cl2N2O5. The second-order valence-corrected chi connectivity index (χ2v) is 10.7. The Hall–Kier alpha value is -3.81. The van der Waals surface area contributed by atoms with Crippen LogP contribution in [0.1, 0.15) is 45.5 Å². The summed E-state index contributed by atoms with van der Waals surface area (Å²) in [6, 6.07) is 17.2. The fourth-order valence-electron chi connectivity index (χ4n) is 5.40. The number of carbonyl (C=O) groups excluding carboxylic acids is 2. The van der Waals surface area contributed by atoms with Crippen LogP contribution in [-0.2, 0) is 11.2 Å². The summed E-state index contributed by atoms with van der Waals surface area (Å²) in [5.41, 5.74) is 2.94. The highest BCUT2D eigenvalue weighted by atomic mass is 35.5. The summed E-state index contributed by atoms with van der Waals surface area (Å²) >= 11 is 12.2. The minimum Gasteiger partial charge on any atom is -0.495 e. The van der Waals surface area contributed by atoms with Crippen LogP contribution in [-0.4, -0.2) is 36.5 Å². The van der Waals surface area contributed by atoms with Crippen molar-refractivity contribution in [3.63, 3.8) is 0 Å². The molecule has 9 heteroatoms. The molecule has 0 fully saturated rings. The molecule has 39 heavy (non-hydrogen) atoms. The van der Waals surface area contributed by atoms with E-state index in [0.29, 0.717) is 53.4 Å². The van der Waals surface area contributed by atoms with Crippen LogP contribution >= 0.6 is 23.2 Å². The molecule has 0 radical (unpaired) electrons. The third-order valence-corrected chi connectivity index (χ3v) is 7.99. The lowest BCUT2D eigenvalue weighted by Gasteiger charge is -2.26. The molecule has 0 unspecified atom stereocenters. The zero-order chi connectivity index (χ0) is 27.7. The maximum Gasteiger partial charge on any atom is 0.331 e. The number of aliphatic carboxylic acids is 1. The monoisotopic (exact) mass is 564 g/mol. The molecule has 200 valence electrons. The van der Waals surface area contributed by atoms with E-state index in [0.717, 1.165) is 17.7 Å². The molecule has 0 saturated heterocycles. The number of nitrogens with zero attached hydrogens (tertiary/aromatic N) is 1. The molecular weight excluding hydrogens is 539 g/mol. The average molecular weight is 565 g/mol. The smallest absolute Gasteiger partial charge is 0.331 e. The molecule has 1 aliphatic carbocycles. The molecule has 1 aliphatic heterocycles. The number of hydrogen-bond donors (Lipinski definition) is 2. The quantitative estimate of drug-likeness (QED) is 0.362. The zero-order valence-electron chi connectivity index (χ0n) is 21.2. The van der Waals surface area contributed by atoms with Gasteiger partial charge in [0.05, 0.1) is 23.4 Å². The van der Waals surface area contributed by atoms with Gasteiger partial charge in [-0.3, -0.25) is 9.59 Å². The minimum atomic E-state index is -0.880. The maximum absolute atomic E-state index is 13.8. The van der Waals surface area contributed by atoms with Gasteiger partial charge in [-0.15, -0.1) is 0 Å². The number of rotatable bonds is 5. The van der Waals surface area contributed by atoms with E-state index in [1.165, 1.54) is 13.2 Å². The number of methoxy groups -OCH3 is 1. The predicted octanol–water partition coefficient (Wildman–Crippen LogP) is 6.64. The normalized spacial score (nSPS) is 18.2. The summed E-state index contributed by atoms with van der Waals surface area (Å²) in [5, 5.41) is 12.9. The topological polar surface area (TPSA) is 95.9 Å². The van der Waals surface area contributed by atoms with Crippen LogP contribution in [0.5, 0.6) is 5.75 Å². The molecule has 0 bridgehead atoms. The fraction of sp³-hybridized carbons (Fsp3) is 0.233. The lowest BCUT2D eigenvalue weighted by molar-refractivity contribution is -0.132. The number of ether oxygens (including phenoxy) is 1. The number of nitrogens with one attached hydrogen (secondary N) is 1. The van der Waals surface area contributed by atoms with Crippen LogP contribution in [0.2, 0.25) is 10.0 Å². The van der Waals surface area contributed by atoms with Crippen molar-refractivity contribution in [1.82, 2.24) is 0 Å². The summed E-state index contributed by atoms with van der Waals surface area (Å²) < 4.78 is 5.51. The minimum absolute atomic E-state index is 0.214. The molecule has 1 heterocycles. The number of carboxylic acid groups (broad SMARTS) is 1. The number of allylic oxidation sites excluding steroid dienone is 1. The number of carbonyl (C=O) groups is 3. The first-order chi connectivity index (χ1) is 18.7. The Labute approximate surface area is 236 Å². The van der Waals surface area contributed by atoms with Crippen molar-refractivity contribution >= 4 is 52.4 Å². The van der Waals surface area contributed by atoms with E-state index in [-0.39, 0.29) is 21.9 Å². The van der Waals surface area contributed by atoms with Gasteiger partial charge in [0, 0.05) is 28.4 Å². The Bertz CT molecular complexity index is 1520. The number of anilines is 2. The molecule has 1 spiro atoms. The standard InChI is InChI=1S/C30H26Cl2N2O5/c1-39-26-14-18(6-9-24(26)33-27(35)22-15-21(31)7-8-23(22)32)28(36)34-13-12-30(11-10-20(17-30)29(37)38)16-19-4-2-3-5-25(19)34/h2-9,14-15,17H,10-13,16H2,1H3,(H,33,35)(H,37,38)/t30-/m0/s1. The summed E-state index contributed by atoms with van der Waals surface area (Å²) in [6.45, 7) is 0.438. The highest BCUT2D eigenvalue weighted by molar-refractivity contribution is 6.36. The van der Waals surface area contributed by atoms with Crippen LogP contribution in [0, 0.1) is 5.41 Å². The molecule has 0 aromatic heterocycles. The molecule has 7 nitrogen and oxygen atoms in total. The molecule has 5 rings (SSSR count). The van der Waals surface area contributed by atoms with Crippen LogP contribution < -0.4 is 15.0 Å². The first-order valence-corrected chi connectivity index (χ1v) is 13.2. The fourth-order valence-corrected chi connectivity index (χ4v) is 5.78. The second-order valence-electron chi connectivity index (χ2n) is 9.84. The Morgan fingerprint density at radius 2 is 1.82 bits per heavy atom. The van der Waals surface area contributed by atoms with Gasteiger partial charge in [0.2, 0.25) is 0 Å². The largest absolute Gasteiger partial charge is 0.495 e. The SMILES string of the molecule is COc1cc(C(=O)N2CC[C@]3(C=C(C(=O)O)CC3)Cc3ccccc32)ccc1NC(=O)c1cc(Cl)ccc1Cl. The van der Waals surface area contributed by atoms with E-state index in [1.54, 1.807) is 35.2 Å². The van der Waals surface area contributed by atoms with Crippen LogP contribution in [0.15, 0.2) is 72.3 Å². The average Bonchev–Trinajstić information content (AvgIpc) is 3.27. The van der Waals surface area contributed by atoms with Crippen molar-refractivity contribution in [3.8, 4) is 5.75 Å². The number of hydrogen-bond acceptors (Lipinski definition) is 4. The van der Waals surface area contributed by atoms with Gasteiger partial charge >= 0.3 is 5.97 Å². The second kappa shape index (κ2) is 10.8. The van der Waals surface area contributed by atoms with Crippen LogP contribution in [0.25, 0.3) is 0 Å². The number of halogens is 2. The van der Waals surface area contributed by atoms with Gasteiger partial charge in [-0.05, 0) is 79.1 Å². The Balaban J connectivity index is 1.42. The molecule has 3 aromatic rings. The highest BCUT2D eigenvalue weighted by Gasteiger charge is 2.39. The van der Waals surface area contributed by atoms with Gasteiger partial charge in [-0.25, -0.2) is 4.79 Å². The summed E-state index contributed by atoms with van der Waals surface area (Å²) in [5.74, 6) is -1.24. The summed E-state index contributed by atoms with van der Waals surface area (Å²) in [6.07, 6.45) is 4.48. The van der Waals surface area contributed by atoms with E-state index in [2.05, 4.69) is 5.32 Å². The van der Waals surface area contributed by atoms with Crippen LogP contribution in [0.3, 0.4) is 0 Å². The first kappa shape index (κ1) is 26.8. The van der Waals surface area contributed by atoms with Crippen molar-refractivity contribution in [2.45, 2.75) is 25.7 Å². The Kier molecular flexibility index (Phi) is 7.38. The Morgan fingerprint density at radius 1 is 1.03 bits per heavy atom. The van der Waals surface area contributed by atoms with Gasteiger partial charge in [0.1, 0.15) is 5.75 Å². The highest BCUT2D eigenvalue weighted by Crippen LogP contribution is 2.46. The number of benzene rings is 3. The first-order valence-electron chi connectivity index (χ1n) is 12.5.